The number of benzene rings is 2. The van der Waals surface area contributed by atoms with Crippen LogP contribution in [0, 0.1) is 0 Å². The lowest BCUT2D eigenvalue weighted by Crippen LogP contribution is -2.17. The van der Waals surface area contributed by atoms with Crippen LogP contribution in [0.2, 0.25) is 0 Å². The zero-order valence-corrected chi connectivity index (χ0v) is 12.6. The second-order valence-corrected chi connectivity index (χ2v) is 5.98. The zero-order valence-electron chi connectivity index (χ0n) is 11.8. The van der Waals surface area contributed by atoms with Crippen LogP contribution >= 0.6 is 0 Å². The molecule has 0 spiro atoms. The molecule has 0 aromatic heterocycles. The molecule has 0 saturated heterocycles. The van der Waals surface area contributed by atoms with Crippen LogP contribution in [0.3, 0.4) is 0 Å². The number of para-hydroxylation sites is 1. The predicted octanol–water partition coefficient (Wildman–Crippen LogP) is 3.39. The second-order valence-electron chi connectivity index (χ2n) is 4.33. The molecule has 2 aromatic rings. The quantitative estimate of drug-likeness (QED) is 0.900. The first-order valence-corrected chi connectivity index (χ1v) is 7.71. The highest BCUT2D eigenvalue weighted by Crippen LogP contribution is 2.28. The third-order valence-corrected chi connectivity index (χ3v) is 4.10. The lowest BCUT2D eigenvalue weighted by Gasteiger charge is -2.13. The first-order valence-electron chi connectivity index (χ1n) is 6.23. The van der Waals surface area contributed by atoms with E-state index in [2.05, 4.69) is 9.46 Å². The number of anilines is 1. The molecule has 0 aliphatic rings. The average Bonchev–Trinajstić information content (AvgIpc) is 2.45. The minimum atomic E-state index is -4.86. The molecule has 0 amide bonds. The summed E-state index contributed by atoms with van der Waals surface area (Å²) < 4.78 is 72.1. The van der Waals surface area contributed by atoms with Crippen molar-refractivity contribution in [1.82, 2.24) is 0 Å². The smallest absolute Gasteiger partial charge is 0.495 e. The Morgan fingerprint density at radius 1 is 1.04 bits per heavy atom. The molecule has 0 radical (unpaired) electrons. The summed E-state index contributed by atoms with van der Waals surface area (Å²) in [6.45, 7) is 0. The number of hydrogen-bond donors (Lipinski definition) is 1. The van der Waals surface area contributed by atoms with Gasteiger partial charge in [-0.1, -0.05) is 18.2 Å². The SMILES string of the molecule is COc1ccccc1S(=O)(=O)Nc1cccc(OC(F)(F)F)c1. The zero-order chi connectivity index (χ0) is 17.1. The van der Waals surface area contributed by atoms with Gasteiger partial charge in [0.1, 0.15) is 16.4 Å². The minimum Gasteiger partial charge on any atom is -0.495 e. The predicted molar refractivity (Wildman–Crippen MR) is 76.9 cm³/mol. The Balaban J connectivity index is 2.29. The van der Waals surface area contributed by atoms with Gasteiger partial charge < -0.3 is 9.47 Å². The van der Waals surface area contributed by atoms with Gasteiger partial charge >= 0.3 is 6.36 Å². The lowest BCUT2D eigenvalue weighted by molar-refractivity contribution is -0.274. The summed E-state index contributed by atoms with van der Waals surface area (Å²) in [5.74, 6) is -0.416. The Kier molecular flexibility index (Phi) is 4.69. The van der Waals surface area contributed by atoms with Gasteiger partial charge in [0.25, 0.3) is 10.0 Å². The second kappa shape index (κ2) is 6.37. The molecular formula is C14H12F3NO4S. The molecule has 0 bridgehead atoms. The van der Waals surface area contributed by atoms with Gasteiger partial charge in [0.2, 0.25) is 0 Å². The molecular weight excluding hydrogens is 335 g/mol. The Morgan fingerprint density at radius 3 is 2.39 bits per heavy atom. The normalized spacial score (nSPS) is 11.8. The van der Waals surface area contributed by atoms with Gasteiger partial charge in [-0.3, -0.25) is 4.72 Å². The number of alkyl halides is 3. The molecule has 0 atom stereocenters. The van der Waals surface area contributed by atoms with Crippen LogP contribution < -0.4 is 14.2 Å². The third-order valence-electron chi connectivity index (χ3n) is 2.68. The molecule has 0 aliphatic carbocycles. The maximum atomic E-state index is 12.3. The largest absolute Gasteiger partial charge is 0.573 e. The van der Waals surface area contributed by atoms with Crippen LogP contribution in [0.25, 0.3) is 0 Å². The Hall–Kier alpha value is -2.42. The van der Waals surface area contributed by atoms with E-state index in [-0.39, 0.29) is 16.3 Å². The standard InChI is InChI=1S/C14H12F3NO4S/c1-21-12-7-2-3-8-13(12)23(19,20)18-10-5-4-6-11(9-10)22-14(15,16)17/h2-9,18H,1H3. The molecule has 2 aromatic carbocycles. The lowest BCUT2D eigenvalue weighted by atomic mass is 10.3. The Labute approximate surface area is 130 Å². The van der Waals surface area contributed by atoms with E-state index in [4.69, 9.17) is 4.74 Å². The van der Waals surface area contributed by atoms with E-state index in [0.717, 1.165) is 12.1 Å². The summed E-state index contributed by atoms with van der Waals surface area (Å²) in [4.78, 5) is -0.135. The fourth-order valence-electron chi connectivity index (χ4n) is 1.81. The maximum absolute atomic E-state index is 12.3. The van der Waals surface area contributed by atoms with Gasteiger partial charge in [-0.05, 0) is 24.3 Å². The molecule has 23 heavy (non-hydrogen) atoms. The summed E-state index contributed by atoms with van der Waals surface area (Å²) >= 11 is 0. The number of halogens is 3. The van der Waals surface area contributed by atoms with Gasteiger partial charge in [0, 0.05) is 6.07 Å². The van der Waals surface area contributed by atoms with Crippen molar-refractivity contribution in [1.29, 1.82) is 0 Å². The van der Waals surface area contributed by atoms with Crippen molar-refractivity contribution >= 4 is 15.7 Å². The molecule has 0 unspecified atom stereocenters. The van der Waals surface area contributed by atoms with E-state index in [1.165, 1.54) is 37.4 Å². The van der Waals surface area contributed by atoms with Gasteiger partial charge in [0.15, 0.2) is 0 Å². The van der Waals surface area contributed by atoms with E-state index < -0.39 is 22.1 Å². The monoisotopic (exact) mass is 347 g/mol. The molecule has 5 nitrogen and oxygen atoms in total. The topological polar surface area (TPSA) is 64.6 Å². The van der Waals surface area contributed by atoms with Crippen LogP contribution in [0.5, 0.6) is 11.5 Å². The summed E-state index contributed by atoms with van der Waals surface area (Å²) in [6.07, 6.45) is -4.86. The number of ether oxygens (including phenoxy) is 2. The fourth-order valence-corrected chi connectivity index (χ4v) is 3.03. The molecule has 124 valence electrons. The average molecular weight is 347 g/mol. The van der Waals surface area contributed by atoms with Crippen molar-refractivity contribution in [3.63, 3.8) is 0 Å². The van der Waals surface area contributed by atoms with Crippen molar-refractivity contribution in [2.45, 2.75) is 11.3 Å². The molecule has 0 saturated carbocycles. The Bertz CT molecular complexity index is 791. The summed E-state index contributed by atoms with van der Waals surface area (Å²) in [5, 5.41) is 0. The van der Waals surface area contributed by atoms with Gasteiger partial charge in [0.05, 0.1) is 12.8 Å². The van der Waals surface area contributed by atoms with E-state index in [1.54, 1.807) is 6.07 Å². The number of methoxy groups -OCH3 is 1. The van der Waals surface area contributed by atoms with E-state index in [9.17, 15) is 21.6 Å². The molecule has 2 rings (SSSR count). The first-order chi connectivity index (χ1) is 10.7. The number of hydrogen-bond acceptors (Lipinski definition) is 4. The summed E-state index contributed by atoms with van der Waals surface area (Å²) in [6, 6.07) is 10.4. The van der Waals surface area contributed by atoms with Crippen LogP contribution in [-0.4, -0.2) is 21.9 Å². The third kappa shape index (κ3) is 4.52. The minimum absolute atomic E-state index is 0.0716. The van der Waals surface area contributed by atoms with E-state index in [1.807, 2.05) is 0 Å². The molecule has 9 heteroatoms. The molecule has 0 fully saturated rings. The van der Waals surface area contributed by atoms with Gasteiger partial charge in [-0.15, -0.1) is 13.2 Å². The van der Waals surface area contributed by atoms with E-state index >= 15 is 0 Å². The van der Waals surface area contributed by atoms with Gasteiger partial charge in [-0.25, -0.2) is 8.42 Å². The van der Waals surface area contributed by atoms with Crippen molar-refractivity contribution < 1.29 is 31.1 Å². The van der Waals surface area contributed by atoms with E-state index in [0.29, 0.717) is 0 Å². The number of nitrogens with one attached hydrogen (secondary N) is 1. The van der Waals surface area contributed by atoms with Crippen LogP contribution in [0.4, 0.5) is 18.9 Å². The molecule has 0 aliphatic heterocycles. The number of sulfonamides is 1. The van der Waals surface area contributed by atoms with Crippen molar-refractivity contribution in [2.75, 3.05) is 11.8 Å². The number of rotatable bonds is 5. The van der Waals surface area contributed by atoms with Gasteiger partial charge in [-0.2, -0.15) is 0 Å². The fraction of sp³-hybridized carbons (Fsp3) is 0.143. The highest BCUT2D eigenvalue weighted by atomic mass is 32.2. The molecule has 0 heterocycles. The highest BCUT2D eigenvalue weighted by Gasteiger charge is 2.31. The maximum Gasteiger partial charge on any atom is 0.573 e. The molecule has 1 N–H and O–H groups in total. The van der Waals surface area contributed by atoms with Crippen molar-refractivity contribution in [2.24, 2.45) is 0 Å². The van der Waals surface area contributed by atoms with Crippen molar-refractivity contribution in [3.8, 4) is 11.5 Å². The van der Waals surface area contributed by atoms with Crippen LogP contribution in [-0.2, 0) is 10.0 Å². The van der Waals surface area contributed by atoms with Crippen molar-refractivity contribution in [3.05, 3.63) is 48.5 Å². The first kappa shape index (κ1) is 16.9. The Morgan fingerprint density at radius 2 is 1.74 bits per heavy atom. The summed E-state index contributed by atoms with van der Waals surface area (Å²) in [5.41, 5.74) is -0.0716. The van der Waals surface area contributed by atoms with Crippen LogP contribution in [0.1, 0.15) is 0 Å². The highest BCUT2D eigenvalue weighted by molar-refractivity contribution is 7.92. The summed E-state index contributed by atoms with van der Waals surface area (Å²) in [7, 11) is -2.72. The van der Waals surface area contributed by atoms with Crippen LogP contribution in [0.15, 0.2) is 53.4 Å².